The fourth-order valence-electron chi connectivity index (χ4n) is 2.02. The maximum Gasteiger partial charge on any atom is 0.259 e. The first-order chi connectivity index (χ1) is 10.0. The van der Waals surface area contributed by atoms with Crippen molar-refractivity contribution in [1.82, 2.24) is 9.97 Å². The van der Waals surface area contributed by atoms with E-state index in [0.29, 0.717) is 23.6 Å². The van der Waals surface area contributed by atoms with Crippen LogP contribution in [0, 0.1) is 13.8 Å². The minimum absolute atomic E-state index is 0.269. The molecule has 0 bridgehead atoms. The maximum absolute atomic E-state index is 12.4. The molecule has 0 aliphatic rings. The highest BCUT2D eigenvalue weighted by Gasteiger charge is 2.15. The van der Waals surface area contributed by atoms with Crippen molar-refractivity contribution < 1.29 is 4.79 Å². The Hall–Kier alpha value is -2.14. The van der Waals surface area contributed by atoms with E-state index in [2.05, 4.69) is 20.6 Å². The number of nitrogens with one attached hydrogen (secondary N) is 2. The molecule has 6 heteroatoms. The molecule has 110 valence electrons. The Morgan fingerprint density at radius 3 is 2.81 bits per heavy atom. The molecule has 2 aromatic heterocycles. The molecule has 2 heterocycles. The van der Waals surface area contributed by atoms with Crippen molar-refractivity contribution in [3.8, 4) is 0 Å². The van der Waals surface area contributed by atoms with Gasteiger partial charge in [0.1, 0.15) is 5.82 Å². The SMILES string of the molecule is CCNc1ncccc1C(=O)Nc1c(C)cc(C)nc1Cl. The van der Waals surface area contributed by atoms with Crippen LogP contribution in [0.3, 0.4) is 0 Å². The molecule has 0 aliphatic carbocycles. The minimum atomic E-state index is -0.269. The van der Waals surface area contributed by atoms with E-state index in [9.17, 15) is 4.79 Å². The second-order valence-electron chi connectivity index (χ2n) is 4.63. The zero-order valence-electron chi connectivity index (χ0n) is 12.2. The third-order valence-electron chi connectivity index (χ3n) is 2.94. The molecule has 0 atom stereocenters. The summed E-state index contributed by atoms with van der Waals surface area (Å²) >= 11 is 6.11. The molecule has 0 saturated heterocycles. The van der Waals surface area contributed by atoms with Gasteiger partial charge in [0.25, 0.3) is 5.91 Å². The summed E-state index contributed by atoms with van der Waals surface area (Å²) < 4.78 is 0. The Morgan fingerprint density at radius 2 is 2.14 bits per heavy atom. The quantitative estimate of drug-likeness (QED) is 0.849. The van der Waals surface area contributed by atoms with Crippen LogP contribution >= 0.6 is 11.6 Å². The first-order valence-electron chi connectivity index (χ1n) is 6.67. The van der Waals surface area contributed by atoms with Crippen LogP contribution in [-0.2, 0) is 0 Å². The van der Waals surface area contributed by atoms with Crippen molar-refractivity contribution >= 4 is 29.0 Å². The minimum Gasteiger partial charge on any atom is -0.370 e. The number of amides is 1. The van der Waals surface area contributed by atoms with E-state index in [0.717, 1.165) is 11.3 Å². The number of rotatable bonds is 4. The summed E-state index contributed by atoms with van der Waals surface area (Å²) in [5.74, 6) is 0.279. The normalized spacial score (nSPS) is 10.3. The Bertz CT molecular complexity index is 649. The second-order valence-corrected chi connectivity index (χ2v) is 4.99. The molecule has 5 nitrogen and oxygen atoms in total. The Balaban J connectivity index is 2.31. The second kappa shape index (κ2) is 6.54. The third kappa shape index (κ3) is 3.49. The van der Waals surface area contributed by atoms with E-state index in [1.54, 1.807) is 18.3 Å². The van der Waals surface area contributed by atoms with E-state index in [4.69, 9.17) is 11.6 Å². The molecule has 21 heavy (non-hydrogen) atoms. The molecule has 2 aromatic rings. The van der Waals surface area contributed by atoms with Crippen LogP contribution in [0.25, 0.3) is 0 Å². The lowest BCUT2D eigenvalue weighted by atomic mass is 10.2. The van der Waals surface area contributed by atoms with Gasteiger partial charge < -0.3 is 10.6 Å². The standard InChI is InChI=1S/C15H17ClN4O/c1-4-17-14-11(6-5-7-18-14)15(21)20-12-9(2)8-10(3)19-13(12)16/h5-8H,4H2,1-3H3,(H,17,18)(H,20,21). The van der Waals surface area contributed by atoms with E-state index in [1.807, 2.05) is 26.8 Å². The van der Waals surface area contributed by atoms with Crippen LogP contribution in [0.4, 0.5) is 11.5 Å². The number of carbonyl (C=O) groups excluding carboxylic acids is 1. The van der Waals surface area contributed by atoms with Gasteiger partial charge in [0.2, 0.25) is 0 Å². The third-order valence-corrected chi connectivity index (χ3v) is 3.21. The van der Waals surface area contributed by atoms with Crippen LogP contribution in [0.1, 0.15) is 28.5 Å². The summed E-state index contributed by atoms with van der Waals surface area (Å²) in [6.07, 6.45) is 1.64. The zero-order chi connectivity index (χ0) is 15.4. The lowest BCUT2D eigenvalue weighted by Crippen LogP contribution is -2.17. The fourth-order valence-corrected chi connectivity index (χ4v) is 2.35. The van der Waals surface area contributed by atoms with Gasteiger partial charge >= 0.3 is 0 Å². The highest BCUT2D eigenvalue weighted by molar-refractivity contribution is 6.33. The zero-order valence-corrected chi connectivity index (χ0v) is 13.0. The number of pyridine rings is 2. The van der Waals surface area contributed by atoms with Gasteiger partial charge in [-0.25, -0.2) is 9.97 Å². The first-order valence-corrected chi connectivity index (χ1v) is 7.04. The van der Waals surface area contributed by atoms with Crippen molar-refractivity contribution in [2.45, 2.75) is 20.8 Å². The van der Waals surface area contributed by atoms with Gasteiger partial charge in [0.05, 0.1) is 11.3 Å². The molecular formula is C15H17ClN4O. The van der Waals surface area contributed by atoms with Crippen LogP contribution in [0.15, 0.2) is 24.4 Å². The van der Waals surface area contributed by atoms with Gasteiger partial charge in [0, 0.05) is 18.4 Å². The lowest BCUT2D eigenvalue weighted by molar-refractivity contribution is 0.102. The van der Waals surface area contributed by atoms with Crippen molar-refractivity contribution in [1.29, 1.82) is 0 Å². The molecule has 0 spiro atoms. The predicted molar refractivity (Wildman–Crippen MR) is 85.1 cm³/mol. The summed E-state index contributed by atoms with van der Waals surface area (Å²) in [7, 11) is 0. The van der Waals surface area contributed by atoms with Crippen LogP contribution in [0.5, 0.6) is 0 Å². The molecule has 0 saturated carbocycles. The van der Waals surface area contributed by atoms with Gasteiger partial charge in [-0.1, -0.05) is 11.6 Å². The van der Waals surface area contributed by atoms with E-state index < -0.39 is 0 Å². The molecule has 0 radical (unpaired) electrons. The van der Waals surface area contributed by atoms with Gasteiger partial charge in [-0.05, 0) is 44.5 Å². The Kier molecular flexibility index (Phi) is 4.75. The van der Waals surface area contributed by atoms with Gasteiger partial charge in [-0.3, -0.25) is 4.79 Å². The molecule has 2 rings (SSSR count). The number of hydrogen-bond donors (Lipinski definition) is 2. The Labute approximate surface area is 128 Å². The summed E-state index contributed by atoms with van der Waals surface area (Å²) in [4.78, 5) is 20.8. The highest BCUT2D eigenvalue weighted by Crippen LogP contribution is 2.25. The number of hydrogen-bond acceptors (Lipinski definition) is 4. The maximum atomic E-state index is 12.4. The van der Waals surface area contributed by atoms with E-state index >= 15 is 0 Å². The number of aromatic nitrogens is 2. The molecule has 0 aromatic carbocycles. The average molecular weight is 305 g/mol. The number of nitrogens with zero attached hydrogens (tertiary/aromatic N) is 2. The first kappa shape index (κ1) is 15.3. The molecule has 1 amide bonds. The molecule has 0 unspecified atom stereocenters. The summed E-state index contributed by atoms with van der Waals surface area (Å²) in [5, 5.41) is 6.15. The average Bonchev–Trinajstić information content (AvgIpc) is 2.43. The van der Waals surface area contributed by atoms with E-state index in [-0.39, 0.29) is 11.1 Å². The predicted octanol–water partition coefficient (Wildman–Crippen LogP) is 3.43. The van der Waals surface area contributed by atoms with Crippen molar-refractivity contribution in [3.63, 3.8) is 0 Å². The molecule has 0 fully saturated rings. The lowest BCUT2D eigenvalue weighted by Gasteiger charge is -2.13. The van der Waals surface area contributed by atoms with Gasteiger partial charge in [-0.2, -0.15) is 0 Å². The summed E-state index contributed by atoms with van der Waals surface area (Å²) in [6, 6.07) is 5.30. The smallest absolute Gasteiger partial charge is 0.259 e. The highest BCUT2D eigenvalue weighted by atomic mass is 35.5. The Morgan fingerprint density at radius 1 is 1.38 bits per heavy atom. The summed E-state index contributed by atoms with van der Waals surface area (Å²) in [6.45, 7) is 6.37. The molecule has 2 N–H and O–H groups in total. The number of aryl methyl sites for hydroxylation is 2. The number of carbonyl (C=O) groups is 1. The van der Waals surface area contributed by atoms with Crippen LogP contribution < -0.4 is 10.6 Å². The van der Waals surface area contributed by atoms with Crippen LogP contribution in [0.2, 0.25) is 5.15 Å². The van der Waals surface area contributed by atoms with Gasteiger partial charge in [0.15, 0.2) is 5.15 Å². The largest absolute Gasteiger partial charge is 0.370 e. The summed E-state index contributed by atoms with van der Waals surface area (Å²) in [5.41, 5.74) is 2.67. The number of anilines is 2. The van der Waals surface area contributed by atoms with Gasteiger partial charge in [-0.15, -0.1) is 0 Å². The topological polar surface area (TPSA) is 66.9 Å². The van der Waals surface area contributed by atoms with Crippen LogP contribution in [-0.4, -0.2) is 22.4 Å². The fraction of sp³-hybridized carbons (Fsp3) is 0.267. The van der Waals surface area contributed by atoms with Crippen molar-refractivity contribution in [2.75, 3.05) is 17.2 Å². The monoisotopic (exact) mass is 304 g/mol. The van der Waals surface area contributed by atoms with Crippen molar-refractivity contribution in [2.24, 2.45) is 0 Å². The van der Waals surface area contributed by atoms with Crippen molar-refractivity contribution in [3.05, 3.63) is 46.4 Å². The molecule has 0 aliphatic heterocycles. The van der Waals surface area contributed by atoms with E-state index in [1.165, 1.54) is 0 Å². The molecular weight excluding hydrogens is 288 g/mol. The number of halogens is 1.